The highest BCUT2D eigenvalue weighted by atomic mass is 35.5. The van der Waals surface area contributed by atoms with Crippen LogP contribution in [0.4, 0.5) is 11.4 Å². The minimum absolute atomic E-state index is 0.0440. The maximum Gasteiger partial charge on any atom is 0.269 e. The Morgan fingerprint density at radius 2 is 1.80 bits per heavy atom. The third-order valence-electron chi connectivity index (χ3n) is 2.98. The number of anilines is 1. The first-order chi connectivity index (χ1) is 12.0. The number of nitro groups is 1. The maximum absolute atomic E-state index is 11.8. The summed E-state index contributed by atoms with van der Waals surface area (Å²) < 4.78 is 0. The van der Waals surface area contributed by atoms with Gasteiger partial charge >= 0.3 is 0 Å². The minimum atomic E-state index is -0.609. The van der Waals surface area contributed by atoms with Gasteiger partial charge in [-0.15, -0.1) is 0 Å². The molecule has 0 aliphatic rings. The van der Waals surface area contributed by atoms with Crippen LogP contribution in [0.5, 0.6) is 0 Å². The molecule has 0 heterocycles. The van der Waals surface area contributed by atoms with Crippen LogP contribution >= 0.6 is 11.6 Å². The number of carbonyl (C=O) groups excluding carboxylic acids is 2. The molecule has 2 aromatic carbocycles. The number of amides is 2. The summed E-state index contributed by atoms with van der Waals surface area (Å²) in [4.78, 5) is 33.4. The first-order valence-electron chi connectivity index (χ1n) is 7.06. The molecule has 0 unspecified atom stereocenters. The van der Waals surface area contributed by atoms with Crippen LogP contribution in [0.25, 0.3) is 0 Å². The summed E-state index contributed by atoms with van der Waals surface area (Å²) in [6.07, 6.45) is 0.885. The van der Waals surface area contributed by atoms with Crippen LogP contribution in [-0.2, 0) is 9.59 Å². The third kappa shape index (κ3) is 5.70. The monoisotopic (exact) mass is 360 g/mol. The van der Waals surface area contributed by atoms with Gasteiger partial charge < -0.3 is 5.32 Å². The number of non-ortho nitro benzene ring substituents is 1. The van der Waals surface area contributed by atoms with E-state index < -0.39 is 23.2 Å². The number of para-hydroxylation sites is 1. The number of nitrogens with zero attached hydrogens (tertiary/aromatic N) is 2. The predicted octanol–water partition coefficient (Wildman–Crippen LogP) is 2.73. The molecule has 0 bridgehead atoms. The van der Waals surface area contributed by atoms with Crippen molar-refractivity contribution in [3.63, 3.8) is 0 Å². The molecule has 0 radical (unpaired) electrons. The predicted molar refractivity (Wildman–Crippen MR) is 93.5 cm³/mol. The topological polar surface area (TPSA) is 114 Å². The zero-order chi connectivity index (χ0) is 18.2. The fourth-order valence-corrected chi connectivity index (χ4v) is 1.99. The Balaban J connectivity index is 1.82. The van der Waals surface area contributed by atoms with Crippen molar-refractivity contribution in [1.82, 2.24) is 5.43 Å². The fraction of sp³-hybridized carbons (Fsp3) is 0.0625. The second-order valence-corrected chi connectivity index (χ2v) is 5.25. The molecular weight excluding hydrogens is 348 g/mol. The lowest BCUT2D eigenvalue weighted by Crippen LogP contribution is -2.24. The number of hydrogen-bond acceptors (Lipinski definition) is 5. The van der Waals surface area contributed by atoms with E-state index in [1.165, 1.54) is 30.5 Å². The van der Waals surface area contributed by atoms with Gasteiger partial charge in [0, 0.05) is 12.1 Å². The van der Waals surface area contributed by atoms with Crippen LogP contribution in [0.1, 0.15) is 12.0 Å². The van der Waals surface area contributed by atoms with Gasteiger partial charge in [0.05, 0.1) is 21.8 Å². The maximum atomic E-state index is 11.8. The van der Waals surface area contributed by atoms with Crippen LogP contribution < -0.4 is 10.7 Å². The molecule has 9 heteroatoms. The van der Waals surface area contributed by atoms with Crippen molar-refractivity contribution >= 4 is 41.0 Å². The molecule has 8 nitrogen and oxygen atoms in total. The molecule has 2 rings (SSSR count). The van der Waals surface area contributed by atoms with E-state index in [9.17, 15) is 19.7 Å². The van der Waals surface area contributed by atoms with E-state index in [0.29, 0.717) is 16.3 Å². The van der Waals surface area contributed by atoms with Crippen molar-refractivity contribution in [2.24, 2.45) is 5.10 Å². The summed E-state index contributed by atoms with van der Waals surface area (Å²) in [5.41, 5.74) is 3.13. The molecule has 0 aliphatic carbocycles. The van der Waals surface area contributed by atoms with Gasteiger partial charge in [-0.25, -0.2) is 5.43 Å². The molecule has 0 aromatic heterocycles. The number of hydrazone groups is 1. The molecule has 2 N–H and O–H groups in total. The quantitative estimate of drug-likeness (QED) is 0.357. The summed E-state index contributed by atoms with van der Waals surface area (Å²) in [7, 11) is 0. The van der Waals surface area contributed by atoms with Crippen LogP contribution in [0.2, 0.25) is 5.02 Å². The molecular formula is C16H13ClN4O4. The Morgan fingerprint density at radius 1 is 1.12 bits per heavy atom. The Bertz CT molecular complexity index is 821. The number of carbonyl (C=O) groups is 2. The minimum Gasteiger partial charge on any atom is -0.324 e. The Kier molecular flexibility index (Phi) is 6.19. The van der Waals surface area contributed by atoms with Gasteiger partial charge in [0.25, 0.3) is 5.69 Å². The van der Waals surface area contributed by atoms with Gasteiger partial charge in [-0.3, -0.25) is 19.7 Å². The summed E-state index contributed by atoms with van der Waals surface area (Å²) >= 11 is 5.91. The first-order valence-corrected chi connectivity index (χ1v) is 7.44. The van der Waals surface area contributed by atoms with Crippen LogP contribution in [-0.4, -0.2) is 23.0 Å². The van der Waals surface area contributed by atoms with E-state index in [-0.39, 0.29) is 5.69 Å². The van der Waals surface area contributed by atoms with Gasteiger partial charge in [0.15, 0.2) is 0 Å². The largest absolute Gasteiger partial charge is 0.324 e. The van der Waals surface area contributed by atoms with E-state index in [4.69, 9.17) is 11.6 Å². The standard InChI is InChI=1S/C16H13ClN4O4/c17-13-3-1-2-4-14(13)19-15(22)9-16(23)20-18-10-11-5-7-12(8-6-11)21(24)25/h1-8,10H,9H2,(H,19,22)(H,20,23). The van der Waals surface area contributed by atoms with Crippen molar-refractivity contribution in [3.8, 4) is 0 Å². The average Bonchev–Trinajstić information content (AvgIpc) is 2.57. The van der Waals surface area contributed by atoms with E-state index >= 15 is 0 Å². The van der Waals surface area contributed by atoms with Gasteiger partial charge in [-0.1, -0.05) is 23.7 Å². The van der Waals surface area contributed by atoms with E-state index in [1.807, 2.05) is 0 Å². The van der Waals surface area contributed by atoms with Gasteiger partial charge in [0.2, 0.25) is 11.8 Å². The van der Waals surface area contributed by atoms with E-state index in [1.54, 1.807) is 24.3 Å². The summed E-state index contributed by atoms with van der Waals surface area (Å²) in [5.74, 6) is -1.14. The number of hydrogen-bond donors (Lipinski definition) is 2. The van der Waals surface area contributed by atoms with E-state index in [0.717, 1.165) is 0 Å². The van der Waals surface area contributed by atoms with Crippen LogP contribution in [0.15, 0.2) is 53.6 Å². The summed E-state index contributed by atoms with van der Waals surface area (Å²) in [6.45, 7) is 0. The number of benzene rings is 2. The van der Waals surface area contributed by atoms with Crippen LogP contribution in [0, 0.1) is 10.1 Å². The molecule has 0 saturated heterocycles. The number of rotatable bonds is 6. The average molecular weight is 361 g/mol. The number of nitro benzene ring substituents is 1. The number of halogens is 1. The highest BCUT2D eigenvalue weighted by molar-refractivity contribution is 6.33. The molecule has 0 aliphatic heterocycles. The SMILES string of the molecule is O=C(CC(=O)Nc1ccccc1Cl)NN=Cc1ccc([N+](=O)[O-])cc1. The van der Waals surface area contributed by atoms with Gasteiger partial charge in [-0.2, -0.15) is 5.10 Å². The van der Waals surface area contributed by atoms with Crippen molar-refractivity contribution in [2.75, 3.05) is 5.32 Å². The molecule has 0 spiro atoms. The lowest BCUT2D eigenvalue weighted by Gasteiger charge is -2.06. The van der Waals surface area contributed by atoms with Crippen LogP contribution in [0.3, 0.4) is 0 Å². The Labute approximate surface area is 147 Å². The highest BCUT2D eigenvalue weighted by Gasteiger charge is 2.10. The van der Waals surface area contributed by atoms with Crippen molar-refractivity contribution in [3.05, 3.63) is 69.2 Å². The molecule has 128 valence electrons. The molecule has 2 amide bonds. The van der Waals surface area contributed by atoms with Crippen molar-refractivity contribution in [1.29, 1.82) is 0 Å². The molecule has 2 aromatic rings. The fourth-order valence-electron chi connectivity index (χ4n) is 1.80. The lowest BCUT2D eigenvalue weighted by molar-refractivity contribution is -0.384. The Hall–Kier alpha value is -3.26. The zero-order valence-corrected chi connectivity index (χ0v) is 13.6. The van der Waals surface area contributed by atoms with Crippen molar-refractivity contribution in [2.45, 2.75) is 6.42 Å². The normalized spacial score (nSPS) is 10.4. The summed E-state index contributed by atoms with van der Waals surface area (Å²) in [6, 6.07) is 12.3. The zero-order valence-electron chi connectivity index (χ0n) is 12.8. The van der Waals surface area contributed by atoms with Gasteiger partial charge in [0.1, 0.15) is 6.42 Å². The molecule has 0 fully saturated rings. The lowest BCUT2D eigenvalue weighted by atomic mass is 10.2. The Morgan fingerprint density at radius 3 is 2.44 bits per heavy atom. The third-order valence-corrected chi connectivity index (χ3v) is 3.31. The van der Waals surface area contributed by atoms with E-state index in [2.05, 4.69) is 15.8 Å². The smallest absolute Gasteiger partial charge is 0.269 e. The molecule has 25 heavy (non-hydrogen) atoms. The van der Waals surface area contributed by atoms with Gasteiger partial charge in [-0.05, 0) is 29.8 Å². The first kappa shape index (κ1) is 18.1. The number of nitrogens with one attached hydrogen (secondary N) is 2. The second kappa shape index (κ2) is 8.55. The summed E-state index contributed by atoms with van der Waals surface area (Å²) in [5, 5.41) is 17.1. The second-order valence-electron chi connectivity index (χ2n) is 4.85. The highest BCUT2D eigenvalue weighted by Crippen LogP contribution is 2.20. The van der Waals surface area contributed by atoms with Crippen molar-refractivity contribution < 1.29 is 14.5 Å². The molecule has 0 atom stereocenters. The molecule has 0 saturated carbocycles.